The molecule has 2 amide bonds. The maximum absolute atomic E-state index is 13.0. The van der Waals surface area contributed by atoms with Crippen molar-refractivity contribution in [1.82, 2.24) is 15.1 Å². The van der Waals surface area contributed by atoms with Gasteiger partial charge in [-0.15, -0.1) is 10.2 Å². The first-order chi connectivity index (χ1) is 13.4. The predicted molar refractivity (Wildman–Crippen MR) is 109 cm³/mol. The third kappa shape index (κ3) is 4.09. The summed E-state index contributed by atoms with van der Waals surface area (Å²) in [7, 11) is 0. The number of likely N-dealkylation sites (tertiary alicyclic amines) is 1. The van der Waals surface area contributed by atoms with E-state index < -0.39 is 0 Å². The molecule has 2 saturated heterocycles. The van der Waals surface area contributed by atoms with Gasteiger partial charge in [-0.25, -0.2) is 0 Å². The van der Waals surface area contributed by atoms with Gasteiger partial charge in [-0.1, -0.05) is 55.5 Å². The van der Waals surface area contributed by atoms with E-state index in [2.05, 4.69) is 36.2 Å². The molecule has 148 valence electrons. The molecule has 1 aromatic carbocycles. The molecule has 1 atom stereocenters. The van der Waals surface area contributed by atoms with E-state index in [-0.39, 0.29) is 29.6 Å². The van der Waals surface area contributed by atoms with Crippen LogP contribution in [-0.2, 0) is 16.0 Å². The fourth-order valence-corrected chi connectivity index (χ4v) is 5.02. The van der Waals surface area contributed by atoms with E-state index in [1.807, 2.05) is 23.1 Å². The SMILES string of the molecule is CC1(C)CCCN(C(=O)C2CC(=O)N(c3nnc(Cc4ccccc4)s3)C2)C1. The quantitative estimate of drug-likeness (QED) is 0.794. The molecule has 0 N–H and O–H groups in total. The summed E-state index contributed by atoms with van der Waals surface area (Å²) in [5.74, 6) is -0.197. The van der Waals surface area contributed by atoms with E-state index in [1.54, 1.807) is 4.90 Å². The number of anilines is 1. The van der Waals surface area contributed by atoms with E-state index in [0.717, 1.165) is 30.9 Å². The lowest BCUT2D eigenvalue weighted by molar-refractivity contribution is -0.138. The van der Waals surface area contributed by atoms with Gasteiger partial charge in [0.1, 0.15) is 5.01 Å². The number of benzene rings is 1. The van der Waals surface area contributed by atoms with E-state index >= 15 is 0 Å². The summed E-state index contributed by atoms with van der Waals surface area (Å²) in [6, 6.07) is 10.1. The Balaban J connectivity index is 1.42. The van der Waals surface area contributed by atoms with Crippen LogP contribution in [0.2, 0.25) is 0 Å². The highest BCUT2D eigenvalue weighted by Gasteiger charge is 2.40. The van der Waals surface area contributed by atoms with Crippen molar-refractivity contribution >= 4 is 28.3 Å². The number of carbonyl (C=O) groups excluding carboxylic acids is 2. The summed E-state index contributed by atoms with van der Waals surface area (Å²) in [5, 5.41) is 9.95. The molecule has 2 aliphatic rings. The van der Waals surface area contributed by atoms with Gasteiger partial charge in [0.25, 0.3) is 0 Å². The van der Waals surface area contributed by atoms with Gasteiger partial charge in [0, 0.05) is 32.5 Å². The number of rotatable bonds is 4. The number of piperidine rings is 1. The predicted octanol–water partition coefficient (Wildman–Crippen LogP) is 3.13. The lowest BCUT2D eigenvalue weighted by Crippen LogP contribution is -2.46. The molecule has 2 aromatic rings. The zero-order chi connectivity index (χ0) is 19.7. The molecule has 2 fully saturated rings. The Kier molecular flexibility index (Phi) is 5.19. The van der Waals surface area contributed by atoms with Crippen LogP contribution in [-0.4, -0.2) is 46.5 Å². The van der Waals surface area contributed by atoms with E-state index in [0.29, 0.717) is 18.1 Å². The first kappa shape index (κ1) is 19.1. The lowest BCUT2D eigenvalue weighted by atomic mass is 9.83. The van der Waals surface area contributed by atoms with Crippen molar-refractivity contribution in [3.63, 3.8) is 0 Å². The first-order valence-corrected chi connectivity index (χ1v) is 10.7. The molecule has 1 unspecified atom stereocenters. The average molecular weight is 399 g/mol. The summed E-state index contributed by atoms with van der Waals surface area (Å²) in [6.45, 7) is 6.39. The fourth-order valence-electron chi connectivity index (χ4n) is 4.12. The molecule has 1 aromatic heterocycles. The summed E-state index contributed by atoms with van der Waals surface area (Å²) >= 11 is 1.44. The Morgan fingerprint density at radius 1 is 1.25 bits per heavy atom. The molecule has 3 heterocycles. The van der Waals surface area contributed by atoms with E-state index in [4.69, 9.17) is 0 Å². The molecule has 0 saturated carbocycles. The first-order valence-electron chi connectivity index (χ1n) is 9.87. The standard InChI is InChI=1S/C21H26N4O2S/c1-21(2)9-6-10-24(14-21)19(27)16-12-18(26)25(13-16)20-23-22-17(28-20)11-15-7-4-3-5-8-15/h3-5,7-8,16H,6,9-14H2,1-2H3. The largest absolute Gasteiger partial charge is 0.342 e. The topological polar surface area (TPSA) is 66.4 Å². The van der Waals surface area contributed by atoms with Gasteiger partial charge in [-0.3, -0.25) is 14.5 Å². The highest BCUT2D eigenvalue weighted by atomic mass is 32.1. The molecule has 0 radical (unpaired) electrons. The third-order valence-corrected chi connectivity index (χ3v) is 6.52. The number of nitrogens with zero attached hydrogens (tertiary/aromatic N) is 4. The second-order valence-corrected chi connectivity index (χ2v) is 9.61. The molecular formula is C21H26N4O2S. The van der Waals surface area contributed by atoms with Crippen LogP contribution in [0.5, 0.6) is 0 Å². The molecule has 0 bridgehead atoms. The summed E-state index contributed by atoms with van der Waals surface area (Å²) in [6.07, 6.45) is 3.14. The van der Waals surface area contributed by atoms with Crippen molar-refractivity contribution in [3.05, 3.63) is 40.9 Å². The van der Waals surface area contributed by atoms with Crippen LogP contribution in [0.3, 0.4) is 0 Å². The molecule has 28 heavy (non-hydrogen) atoms. The minimum Gasteiger partial charge on any atom is -0.342 e. The van der Waals surface area contributed by atoms with Crippen LogP contribution in [0.25, 0.3) is 0 Å². The number of amides is 2. The van der Waals surface area contributed by atoms with Gasteiger partial charge < -0.3 is 4.90 Å². The van der Waals surface area contributed by atoms with Crippen molar-refractivity contribution in [3.8, 4) is 0 Å². The normalized spacial score (nSPS) is 21.9. The Labute approximate surface area is 169 Å². The second kappa shape index (κ2) is 7.62. The van der Waals surface area contributed by atoms with Gasteiger partial charge in [0.15, 0.2) is 0 Å². The molecule has 0 spiro atoms. The van der Waals surface area contributed by atoms with Crippen molar-refractivity contribution in [2.75, 3.05) is 24.5 Å². The highest BCUT2D eigenvalue weighted by Crippen LogP contribution is 2.33. The van der Waals surface area contributed by atoms with Crippen LogP contribution in [0.4, 0.5) is 5.13 Å². The molecule has 2 aliphatic heterocycles. The smallest absolute Gasteiger partial charge is 0.229 e. The van der Waals surface area contributed by atoms with Gasteiger partial charge in [0.2, 0.25) is 16.9 Å². The van der Waals surface area contributed by atoms with Crippen molar-refractivity contribution in [2.24, 2.45) is 11.3 Å². The Morgan fingerprint density at radius 3 is 2.79 bits per heavy atom. The van der Waals surface area contributed by atoms with Gasteiger partial charge in [-0.05, 0) is 23.8 Å². The zero-order valence-electron chi connectivity index (χ0n) is 16.4. The van der Waals surface area contributed by atoms with Crippen LogP contribution >= 0.6 is 11.3 Å². The Bertz CT molecular complexity index is 864. The fraction of sp³-hybridized carbons (Fsp3) is 0.524. The van der Waals surface area contributed by atoms with Crippen LogP contribution in [0, 0.1) is 11.3 Å². The van der Waals surface area contributed by atoms with Crippen LogP contribution in [0.15, 0.2) is 30.3 Å². The summed E-state index contributed by atoms with van der Waals surface area (Å²) in [4.78, 5) is 29.1. The lowest BCUT2D eigenvalue weighted by Gasteiger charge is -2.39. The van der Waals surface area contributed by atoms with Gasteiger partial charge in [-0.2, -0.15) is 0 Å². The number of carbonyl (C=O) groups is 2. The molecule has 7 heteroatoms. The van der Waals surface area contributed by atoms with Crippen molar-refractivity contribution in [1.29, 1.82) is 0 Å². The number of aromatic nitrogens is 2. The third-order valence-electron chi connectivity index (χ3n) is 5.57. The van der Waals surface area contributed by atoms with E-state index in [1.165, 1.54) is 16.9 Å². The second-order valence-electron chi connectivity index (χ2n) is 8.57. The van der Waals surface area contributed by atoms with Crippen molar-refractivity contribution < 1.29 is 9.59 Å². The monoisotopic (exact) mass is 398 g/mol. The van der Waals surface area contributed by atoms with Crippen LogP contribution in [0.1, 0.15) is 43.7 Å². The maximum Gasteiger partial charge on any atom is 0.229 e. The average Bonchev–Trinajstić information content (AvgIpc) is 3.27. The summed E-state index contributed by atoms with van der Waals surface area (Å²) < 4.78 is 0. The Hall–Kier alpha value is -2.28. The molecule has 6 nitrogen and oxygen atoms in total. The molecule has 4 rings (SSSR count). The van der Waals surface area contributed by atoms with E-state index in [9.17, 15) is 9.59 Å². The molecule has 0 aliphatic carbocycles. The zero-order valence-corrected chi connectivity index (χ0v) is 17.2. The van der Waals surface area contributed by atoms with Gasteiger partial charge >= 0.3 is 0 Å². The number of hydrogen-bond donors (Lipinski definition) is 0. The maximum atomic E-state index is 13.0. The highest BCUT2D eigenvalue weighted by molar-refractivity contribution is 7.15. The Morgan fingerprint density at radius 2 is 2.04 bits per heavy atom. The molecular weight excluding hydrogens is 372 g/mol. The van der Waals surface area contributed by atoms with Gasteiger partial charge in [0.05, 0.1) is 5.92 Å². The summed E-state index contributed by atoms with van der Waals surface area (Å²) in [5.41, 5.74) is 1.32. The minimum absolute atomic E-state index is 0.0305. The van der Waals surface area contributed by atoms with Crippen molar-refractivity contribution in [2.45, 2.75) is 39.5 Å². The number of hydrogen-bond acceptors (Lipinski definition) is 5. The minimum atomic E-state index is -0.275. The van der Waals surface area contributed by atoms with Crippen LogP contribution < -0.4 is 4.90 Å².